The molecule has 0 bridgehead atoms. The Bertz CT molecular complexity index is 464. The van der Waals surface area contributed by atoms with Gasteiger partial charge in [0.2, 0.25) is 5.91 Å². The van der Waals surface area contributed by atoms with Crippen LogP contribution in [0.25, 0.3) is 0 Å². The van der Waals surface area contributed by atoms with Crippen molar-refractivity contribution in [3.8, 4) is 0 Å². The van der Waals surface area contributed by atoms with E-state index in [4.69, 9.17) is 0 Å². The molecule has 4 nitrogen and oxygen atoms in total. The predicted molar refractivity (Wildman–Crippen MR) is 94.8 cm³/mol. The maximum absolute atomic E-state index is 12.3. The van der Waals surface area contributed by atoms with E-state index in [2.05, 4.69) is 41.5 Å². The molecule has 0 aliphatic carbocycles. The number of para-hydroxylation sites is 1. The van der Waals surface area contributed by atoms with Gasteiger partial charge in [0.1, 0.15) is 0 Å². The van der Waals surface area contributed by atoms with E-state index < -0.39 is 0 Å². The molecular weight excluding hydrogens is 298 g/mol. The van der Waals surface area contributed by atoms with E-state index in [0.29, 0.717) is 6.54 Å². The number of carbonyl (C=O) groups excluding carboxylic acids is 1. The monoisotopic (exact) mass is 325 g/mol. The summed E-state index contributed by atoms with van der Waals surface area (Å²) >= 11 is 0. The highest BCUT2D eigenvalue weighted by Gasteiger charge is 2.36. The Morgan fingerprint density at radius 3 is 2.68 bits per heavy atom. The fourth-order valence-electron chi connectivity index (χ4n) is 2.92. The molecule has 1 aromatic rings. The standard InChI is InChI=1S/C17H27N3O.ClH/c1-17(2)10-7-11-18-15(17)16(21)19-12-13-20(3)14-8-5-4-6-9-14;/h4-6,8-9,15,18H,7,10-13H2,1-3H3,(H,19,21);1H. The first-order valence-corrected chi connectivity index (χ1v) is 7.78. The van der Waals surface area contributed by atoms with Crippen LogP contribution in [0.2, 0.25) is 0 Å². The molecule has 1 atom stereocenters. The minimum atomic E-state index is -0.0757. The number of hydrogen-bond donors (Lipinski definition) is 2. The Labute approximate surface area is 140 Å². The highest BCUT2D eigenvalue weighted by Crippen LogP contribution is 2.30. The van der Waals surface area contributed by atoms with Crippen molar-refractivity contribution in [2.75, 3.05) is 31.6 Å². The van der Waals surface area contributed by atoms with E-state index in [1.54, 1.807) is 0 Å². The number of nitrogens with one attached hydrogen (secondary N) is 2. The topological polar surface area (TPSA) is 44.4 Å². The number of amides is 1. The molecule has 1 amide bonds. The van der Waals surface area contributed by atoms with E-state index in [1.165, 1.54) is 5.69 Å². The van der Waals surface area contributed by atoms with Crippen molar-refractivity contribution in [2.45, 2.75) is 32.7 Å². The average molecular weight is 326 g/mol. The van der Waals surface area contributed by atoms with E-state index in [0.717, 1.165) is 25.9 Å². The van der Waals surface area contributed by atoms with E-state index in [1.807, 2.05) is 25.2 Å². The largest absolute Gasteiger partial charge is 0.373 e. The molecule has 2 rings (SSSR count). The summed E-state index contributed by atoms with van der Waals surface area (Å²) in [6.07, 6.45) is 2.25. The van der Waals surface area contributed by atoms with Crippen LogP contribution in [-0.4, -0.2) is 38.6 Å². The van der Waals surface area contributed by atoms with Crippen molar-refractivity contribution < 1.29 is 4.79 Å². The first-order chi connectivity index (χ1) is 10.0. The van der Waals surface area contributed by atoms with Crippen molar-refractivity contribution in [1.29, 1.82) is 0 Å². The Kier molecular flexibility index (Phi) is 7.17. The van der Waals surface area contributed by atoms with Crippen molar-refractivity contribution in [2.24, 2.45) is 5.41 Å². The number of hydrogen-bond acceptors (Lipinski definition) is 3. The van der Waals surface area contributed by atoms with Crippen molar-refractivity contribution in [3.63, 3.8) is 0 Å². The Morgan fingerprint density at radius 1 is 1.36 bits per heavy atom. The fraction of sp³-hybridized carbons (Fsp3) is 0.588. The lowest BCUT2D eigenvalue weighted by Gasteiger charge is -2.38. The maximum atomic E-state index is 12.3. The van der Waals surface area contributed by atoms with E-state index in [-0.39, 0.29) is 29.8 Å². The summed E-state index contributed by atoms with van der Waals surface area (Å²) < 4.78 is 0. The summed E-state index contributed by atoms with van der Waals surface area (Å²) in [4.78, 5) is 14.5. The Hall–Kier alpha value is -1.26. The molecule has 1 unspecified atom stereocenters. The van der Waals surface area contributed by atoms with Crippen LogP contribution in [0.1, 0.15) is 26.7 Å². The highest BCUT2D eigenvalue weighted by molar-refractivity contribution is 5.85. The van der Waals surface area contributed by atoms with Crippen molar-refractivity contribution in [3.05, 3.63) is 30.3 Å². The third-order valence-corrected chi connectivity index (χ3v) is 4.33. The Morgan fingerprint density at radius 2 is 2.05 bits per heavy atom. The third kappa shape index (κ3) is 4.89. The average Bonchev–Trinajstić information content (AvgIpc) is 2.47. The van der Waals surface area contributed by atoms with Crippen molar-refractivity contribution >= 4 is 24.0 Å². The van der Waals surface area contributed by atoms with Gasteiger partial charge in [-0.05, 0) is 36.9 Å². The van der Waals surface area contributed by atoms with Crippen LogP contribution in [0, 0.1) is 5.41 Å². The number of likely N-dealkylation sites (N-methyl/N-ethyl adjacent to an activating group) is 1. The molecule has 0 aromatic heterocycles. The lowest BCUT2D eigenvalue weighted by atomic mass is 9.77. The minimum absolute atomic E-state index is 0. The van der Waals surface area contributed by atoms with Crippen LogP contribution in [-0.2, 0) is 4.79 Å². The second-order valence-electron chi connectivity index (χ2n) is 6.53. The van der Waals surface area contributed by atoms with Crippen LogP contribution in [0.5, 0.6) is 0 Å². The number of halogens is 1. The fourth-order valence-corrected chi connectivity index (χ4v) is 2.92. The molecule has 0 saturated carbocycles. The SMILES string of the molecule is CN(CCNC(=O)C1NCCCC1(C)C)c1ccccc1.Cl. The molecule has 22 heavy (non-hydrogen) atoms. The molecule has 1 aliphatic heterocycles. The van der Waals surface area contributed by atoms with Gasteiger partial charge in [-0.2, -0.15) is 0 Å². The van der Waals surface area contributed by atoms with Gasteiger partial charge in [0.05, 0.1) is 6.04 Å². The van der Waals surface area contributed by atoms with E-state index >= 15 is 0 Å². The molecule has 0 spiro atoms. The molecule has 1 heterocycles. The molecule has 0 radical (unpaired) electrons. The van der Waals surface area contributed by atoms with Crippen LogP contribution in [0.15, 0.2) is 30.3 Å². The normalized spacial score (nSPS) is 19.9. The summed E-state index contributed by atoms with van der Waals surface area (Å²) in [5.41, 5.74) is 1.20. The van der Waals surface area contributed by atoms with Gasteiger partial charge >= 0.3 is 0 Å². The molecule has 124 valence electrons. The number of piperidine rings is 1. The van der Waals surface area contributed by atoms with Crippen LogP contribution in [0.4, 0.5) is 5.69 Å². The highest BCUT2D eigenvalue weighted by atomic mass is 35.5. The second kappa shape index (κ2) is 8.39. The lowest BCUT2D eigenvalue weighted by Crippen LogP contribution is -2.56. The molecule has 2 N–H and O–H groups in total. The predicted octanol–water partition coefficient (Wildman–Crippen LogP) is 2.44. The third-order valence-electron chi connectivity index (χ3n) is 4.33. The van der Waals surface area contributed by atoms with Gasteiger partial charge in [0.15, 0.2) is 0 Å². The first kappa shape index (κ1) is 18.8. The van der Waals surface area contributed by atoms with Crippen molar-refractivity contribution in [1.82, 2.24) is 10.6 Å². The van der Waals surface area contributed by atoms with Gasteiger partial charge in [-0.25, -0.2) is 0 Å². The number of nitrogens with zero attached hydrogens (tertiary/aromatic N) is 1. The number of benzene rings is 1. The van der Waals surface area contributed by atoms with Crippen LogP contribution in [0.3, 0.4) is 0 Å². The molecule has 1 aromatic carbocycles. The zero-order chi connectivity index (χ0) is 15.3. The summed E-state index contributed by atoms with van der Waals surface area (Å²) in [6, 6.07) is 10.1. The van der Waals surface area contributed by atoms with Crippen LogP contribution < -0.4 is 15.5 Å². The molecule has 5 heteroatoms. The smallest absolute Gasteiger partial charge is 0.237 e. The van der Waals surface area contributed by atoms with Gasteiger partial charge in [-0.1, -0.05) is 32.0 Å². The van der Waals surface area contributed by atoms with Crippen LogP contribution >= 0.6 is 12.4 Å². The summed E-state index contributed by atoms with van der Waals surface area (Å²) in [5, 5.41) is 6.42. The van der Waals surface area contributed by atoms with Gasteiger partial charge in [-0.15, -0.1) is 12.4 Å². The lowest BCUT2D eigenvalue weighted by molar-refractivity contribution is -0.126. The summed E-state index contributed by atoms with van der Waals surface area (Å²) in [6.45, 7) is 6.74. The number of anilines is 1. The van der Waals surface area contributed by atoms with Gasteiger partial charge in [0, 0.05) is 25.8 Å². The number of rotatable bonds is 5. The van der Waals surface area contributed by atoms with Gasteiger partial charge in [0.25, 0.3) is 0 Å². The molecular formula is C17H28ClN3O. The first-order valence-electron chi connectivity index (χ1n) is 7.78. The van der Waals surface area contributed by atoms with Gasteiger partial charge in [-0.3, -0.25) is 4.79 Å². The van der Waals surface area contributed by atoms with E-state index in [9.17, 15) is 4.79 Å². The maximum Gasteiger partial charge on any atom is 0.237 e. The zero-order valence-corrected chi connectivity index (χ0v) is 14.6. The molecule has 1 aliphatic rings. The summed E-state index contributed by atoms with van der Waals surface area (Å²) in [5.74, 6) is 0.126. The van der Waals surface area contributed by atoms with Gasteiger partial charge < -0.3 is 15.5 Å². The number of carbonyl (C=O) groups is 1. The minimum Gasteiger partial charge on any atom is -0.373 e. The molecule has 1 saturated heterocycles. The molecule has 1 fully saturated rings. The Balaban J connectivity index is 0.00000242. The summed E-state index contributed by atoms with van der Waals surface area (Å²) in [7, 11) is 2.05. The zero-order valence-electron chi connectivity index (χ0n) is 13.8. The second-order valence-corrected chi connectivity index (χ2v) is 6.53. The quantitative estimate of drug-likeness (QED) is 0.874.